The van der Waals surface area contributed by atoms with Gasteiger partial charge in [0.2, 0.25) is 5.91 Å². The summed E-state index contributed by atoms with van der Waals surface area (Å²) in [4.78, 5) is 26.3. The van der Waals surface area contributed by atoms with Gasteiger partial charge in [0.15, 0.2) is 27.3 Å². The maximum atomic E-state index is 13.5. The summed E-state index contributed by atoms with van der Waals surface area (Å²) in [7, 11) is -4.06. The highest BCUT2D eigenvalue weighted by atomic mass is 35.5. The summed E-state index contributed by atoms with van der Waals surface area (Å²) in [6.45, 7) is 0.434. The van der Waals surface area contributed by atoms with Gasteiger partial charge in [-0.1, -0.05) is 11.6 Å². The van der Waals surface area contributed by atoms with Crippen LogP contribution in [0.1, 0.15) is 36.0 Å². The molecule has 3 N–H and O–H groups in total. The van der Waals surface area contributed by atoms with Crippen LogP contribution >= 0.6 is 11.6 Å². The zero-order chi connectivity index (χ0) is 27.6. The van der Waals surface area contributed by atoms with Crippen LogP contribution in [0.5, 0.6) is 0 Å². The minimum absolute atomic E-state index is 0.103. The molecule has 4 fully saturated rings. The summed E-state index contributed by atoms with van der Waals surface area (Å²) < 4.78 is 67.2. The average Bonchev–Trinajstić information content (AvgIpc) is 2.85. The van der Waals surface area contributed by atoms with E-state index in [1.54, 1.807) is 0 Å². The molecule has 13 heteroatoms. The van der Waals surface area contributed by atoms with E-state index in [0.29, 0.717) is 18.6 Å². The number of benzene rings is 2. The first-order valence-electron chi connectivity index (χ1n) is 12.0. The minimum atomic E-state index is -4.06. The lowest BCUT2D eigenvalue weighted by atomic mass is 9.52. The Kier molecular flexibility index (Phi) is 6.74. The number of anilines is 1. The molecule has 3 saturated carbocycles. The number of amides is 2. The van der Waals surface area contributed by atoms with Crippen LogP contribution in [0.4, 0.5) is 18.9 Å². The number of hydrogen-bond donors (Lipinski definition) is 3. The molecule has 2 atom stereocenters. The Balaban J connectivity index is 1.31. The number of carbonyl (C=O) groups excluding carboxylic acids is 2. The zero-order valence-electron chi connectivity index (χ0n) is 19.8. The zero-order valence-corrected chi connectivity index (χ0v) is 21.4. The van der Waals surface area contributed by atoms with Crippen LogP contribution < -0.4 is 5.32 Å². The van der Waals surface area contributed by atoms with Gasteiger partial charge in [-0.05, 0) is 49.3 Å². The number of hydrogen-bond acceptors (Lipinski definition) is 6. The topological polar surface area (TPSA) is 124 Å². The van der Waals surface area contributed by atoms with Gasteiger partial charge in [0.05, 0.1) is 33.3 Å². The number of β-amino-alcohol motifs (C(OH)–C–C–N with tert-alkyl or cyclic N) is 1. The fourth-order valence-electron chi connectivity index (χ4n) is 5.68. The van der Waals surface area contributed by atoms with Crippen molar-refractivity contribution in [2.45, 2.75) is 47.5 Å². The maximum absolute atomic E-state index is 13.5. The molecule has 0 spiro atoms. The third-order valence-corrected chi connectivity index (χ3v) is 10.6. The highest BCUT2D eigenvalue weighted by Gasteiger charge is 2.61. The average molecular weight is 573 g/mol. The van der Waals surface area contributed by atoms with Crippen molar-refractivity contribution in [3.8, 4) is 0 Å². The van der Waals surface area contributed by atoms with Gasteiger partial charge < -0.3 is 20.4 Å². The van der Waals surface area contributed by atoms with Crippen LogP contribution in [0.2, 0.25) is 5.02 Å². The van der Waals surface area contributed by atoms with Crippen molar-refractivity contribution in [3.05, 3.63) is 58.4 Å². The van der Waals surface area contributed by atoms with Crippen LogP contribution in [-0.2, 0) is 14.6 Å². The van der Waals surface area contributed by atoms with Gasteiger partial charge >= 0.3 is 0 Å². The lowest BCUT2D eigenvalue weighted by Crippen LogP contribution is -2.64. The normalized spacial score (nSPS) is 26.9. The van der Waals surface area contributed by atoms with E-state index in [9.17, 15) is 41.4 Å². The molecule has 2 bridgehead atoms. The quantitative estimate of drug-likeness (QED) is 0.457. The summed E-state index contributed by atoms with van der Waals surface area (Å²) in [6, 6.07) is 4.70. The fourth-order valence-corrected chi connectivity index (χ4v) is 8.09. The van der Waals surface area contributed by atoms with Gasteiger partial charge in [0, 0.05) is 36.5 Å². The number of aliphatic hydroxyl groups is 2. The highest BCUT2D eigenvalue weighted by molar-refractivity contribution is 7.92. The molecule has 6 rings (SSSR count). The molecule has 204 valence electrons. The molecule has 1 heterocycles. The molecule has 0 aromatic heterocycles. The fraction of sp³-hybridized carbons (Fsp3) is 0.440. The maximum Gasteiger partial charge on any atom is 0.255 e. The van der Waals surface area contributed by atoms with E-state index in [1.165, 1.54) is 17.0 Å². The Labute approximate surface area is 221 Å². The molecular formula is C25H24ClF3N2O6S. The number of likely N-dealkylation sites (tertiary alicyclic amines) is 1. The second kappa shape index (κ2) is 9.51. The van der Waals surface area contributed by atoms with Crippen molar-refractivity contribution in [1.29, 1.82) is 0 Å². The standard InChI is InChI=1S/C25H24ClF3N2O6S/c26-18-2-1-12(24(34)30-15-7-19(27)23(29)20(28)8-15)3-21(18)38(36,37)17-5-13-4-14(6-17)25(13,35)9-22(33)31-10-16(32)11-31/h1-3,7-8,13-14,16-17,32,35H,4-6,9-11H2,(H,30,34). The van der Waals surface area contributed by atoms with E-state index in [0.717, 1.165) is 6.07 Å². The molecule has 3 aliphatic carbocycles. The van der Waals surface area contributed by atoms with Gasteiger partial charge in [-0.3, -0.25) is 9.59 Å². The first-order chi connectivity index (χ1) is 17.8. The molecule has 1 aliphatic heterocycles. The minimum Gasteiger partial charge on any atom is -0.389 e. The Morgan fingerprint density at radius 1 is 1.05 bits per heavy atom. The largest absolute Gasteiger partial charge is 0.389 e. The second-order valence-corrected chi connectivity index (χ2v) is 12.8. The van der Waals surface area contributed by atoms with E-state index in [1.807, 2.05) is 0 Å². The summed E-state index contributed by atoms with van der Waals surface area (Å²) in [5, 5.41) is 21.7. The molecule has 4 aliphatic rings. The molecule has 8 nitrogen and oxygen atoms in total. The Hall–Kier alpha value is -2.67. The van der Waals surface area contributed by atoms with E-state index in [4.69, 9.17) is 11.6 Å². The van der Waals surface area contributed by atoms with Gasteiger partial charge in [-0.25, -0.2) is 21.6 Å². The van der Waals surface area contributed by atoms with Crippen LogP contribution in [-0.4, -0.2) is 65.4 Å². The van der Waals surface area contributed by atoms with Gasteiger partial charge in [0.1, 0.15) is 0 Å². The van der Waals surface area contributed by atoms with E-state index in [2.05, 4.69) is 5.32 Å². The monoisotopic (exact) mass is 572 g/mol. The number of fused-ring (bicyclic) bond motifs is 2. The molecule has 2 aromatic carbocycles. The van der Waals surface area contributed by atoms with Gasteiger partial charge in [0.25, 0.3) is 5.91 Å². The van der Waals surface area contributed by atoms with E-state index < -0.39 is 62.0 Å². The first kappa shape index (κ1) is 26.9. The number of nitrogens with one attached hydrogen (secondary N) is 1. The summed E-state index contributed by atoms with van der Waals surface area (Å²) >= 11 is 6.19. The third kappa shape index (κ3) is 4.57. The predicted octanol–water partition coefficient (Wildman–Crippen LogP) is 2.91. The lowest BCUT2D eigenvalue weighted by molar-refractivity contribution is -0.191. The van der Waals surface area contributed by atoms with Gasteiger partial charge in [-0.2, -0.15) is 0 Å². The van der Waals surface area contributed by atoms with E-state index >= 15 is 0 Å². The molecule has 38 heavy (non-hydrogen) atoms. The van der Waals surface area contributed by atoms with Crippen LogP contribution in [0.3, 0.4) is 0 Å². The highest BCUT2D eigenvalue weighted by Crippen LogP contribution is 2.57. The van der Waals surface area contributed by atoms with Crippen LogP contribution in [0.25, 0.3) is 0 Å². The van der Waals surface area contributed by atoms with Crippen molar-refractivity contribution >= 4 is 38.9 Å². The smallest absolute Gasteiger partial charge is 0.255 e. The third-order valence-electron chi connectivity index (χ3n) is 7.91. The molecule has 2 amide bonds. The number of sulfone groups is 1. The molecule has 2 aromatic rings. The summed E-state index contributed by atoms with van der Waals surface area (Å²) in [6.07, 6.45) is 0.0881. The number of carbonyl (C=O) groups is 2. The second-order valence-electron chi connectivity index (χ2n) is 10.2. The first-order valence-corrected chi connectivity index (χ1v) is 13.9. The number of rotatable bonds is 6. The summed E-state index contributed by atoms with van der Waals surface area (Å²) in [5.74, 6) is -6.69. The molecular weight excluding hydrogens is 549 g/mol. The van der Waals surface area contributed by atoms with Crippen LogP contribution in [0.15, 0.2) is 35.2 Å². The Morgan fingerprint density at radius 3 is 2.24 bits per heavy atom. The Morgan fingerprint density at radius 2 is 1.66 bits per heavy atom. The predicted molar refractivity (Wildman–Crippen MR) is 130 cm³/mol. The number of nitrogens with zero attached hydrogens (tertiary/aromatic N) is 1. The molecule has 2 unspecified atom stereocenters. The van der Waals surface area contributed by atoms with Crippen molar-refractivity contribution in [2.75, 3.05) is 18.4 Å². The van der Waals surface area contributed by atoms with Gasteiger partial charge in [-0.15, -0.1) is 0 Å². The van der Waals surface area contributed by atoms with Crippen molar-refractivity contribution in [1.82, 2.24) is 4.90 Å². The number of halogens is 4. The van der Waals surface area contributed by atoms with Crippen molar-refractivity contribution in [2.24, 2.45) is 11.8 Å². The SMILES string of the molecule is O=C(Nc1cc(F)c(F)c(F)c1)c1ccc(Cl)c(S(=O)(=O)C2CC3CC(C2)C3(O)CC(=O)N2CC(O)C2)c1. The molecule has 1 saturated heterocycles. The summed E-state index contributed by atoms with van der Waals surface area (Å²) in [5.41, 5.74) is -1.83. The van der Waals surface area contributed by atoms with Crippen molar-refractivity contribution < 1.29 is 41.4 Å². The number of aliphatic hydroxyl groups excluding tert-OH is 1. The Bertz CT molecular complexity index is 1400. The lowest BCUT2D eigenvalue weighted by Gasteiger charge is -2.58. The van der Waals surface area contributed by atoms with Crippen molar-refractivity contribution in [3.63, 3.8) is 0 Å². The molecule has 0 radical (unpaired) electrons. The van der Waals surface area contributed by atoms with Crippen LogP contribution in [0, 0.1) is 29.3 Å². The van der Waals surface area contributed by atoms with E-state index in [-0.39, 0.29) is 59.4 Å².